The Morgan fingerprint density at radius 1 is 1.13 bits per heavy atom. The van der Waals surface area contributed by atoms with Crippen LogP contribution in [0.1, 0.15) is 46.8 Å². The van der Waals surface area contributed by atoms with Crippen molar-refractivity contribution in [3.05, 3.63) is 58.1 Å². The molecule has 0 radical (unpaired) electrons. The Morgan fingerprint density at radius 3 is 2.53 bits per heavy atom. The summed E-state index contributed by atoms with van der Waals surface area (Å²) in [5.41, 5.74) is 1.97. The summed E-state index contributed by atoms with van der Waals surface area (Å²) in [6.45, 7) is 1.20. The highest BCUT2D eigenvalue weighted by molar-refractivity contribution is 6.32. The fraction of sp³-hybridized carbons (Fsp3) is 0.409. The molecule has 2 aliphatic rings. The van der Waals surface area contributed by atoms with E-state index < -0.39 is 5.92 Å². The maximum atomic E-state index is 13.4. The summed E-state index contributed by atoms with van der Waals surface area (Å²) in [6, 6.07) is 9.90. The predicted molar refractivity (Wildman–Crippen MR) is 109 cm³/mol. The van der Waals surface area contributed by atoms with Gasteiger partial charge in [-0.15, -0.1) is 0 Å². The molecule has 0 unspecified atom stereocenters. The Bertz CT molecular complexity index is 952. The number of rotatable bonds is 4. The van der Waals surface area contributed by atoms with Crippen LogP contribution in [-0.2, 0) is 6.54 Å². The Balaban J connectivity index is 1.48. The number of aromatic hydroxyl groups is 2. The molecule has 160 valence electrons. The van der Waals surface area contributed by atoms with E-state index in [-0.39, 0.29) is 47.0 Å². The number of phenolic OH excluding ortho intramolecular Hbond substituents is 2. The van der Waals surface area contributed by atoms with E-state index in [1.807, 2.05) is 24.3 Å². The van der Waals surface area contributed by atoms with Gasteiger partial charge >= 0.3 is 0 Å². The minimum absolute atomic E-state index is 0.00346. The number of nitrogens with zero attached hydrogens (tertiary/aromatic N) is 2. The van der Waals surface area contributed by atoms with Gasteiger partial charge in [-0.3, -0.25) is 9.69 Å². The van der Waals surface area contributed by atoms with Crippen LogP contribution in [0.15, 0.2) is 36.4 Å². The first-order valence-electron chi connectivity index (χ1n) is 9.95. The van der Waals surface area contributed by atoms with Crippen molar-refractivity contribution in [2.24, 2.45) is 0 Å². The highest BCUT2D eigenvalue weighted by Gasteiger charge is 2.38. The standard InChI is InChI=1S/C22H23ClF2N2O3/c23-17-10-16(19(28)11-20(17)29)21(30)27-8-1-2-18(27)15-5-3-14(4-6-15)12-26-9-7-22(24,25)13-26/h3-6,10-11,18,28-29H,1-2,7-9,12-13H2/t18-/m0/s1. The van der Waals surface area contributed by atoms with Gasteiger partial charge in [-0.2, -0.15) is 0 Å². The van der Waals surface area contributed by atoms with Crippen molar-refractivity contribution in [3.63, 3.8) is 0 Å². The lowest BCUT2D eigenvalue weighted by Gasteiger charge is -2.26. The van der Waals surface area contributed by atoms with Gasteiger partial charge < -0.3 is 15.1 Å². The van der Waals surface area contributed by atoms with Crippen molar-refractivity contribution >= 4 is 17.5 Å². The quantitative estimate of drug-likeness (QED) is 0.737. The number of halogens is 3. The van der Waals surface area contributed by atoms with Crippen molar-refractivity contribution < 1.29 is 23.8 Å². The van der Waals surface area contributed by atoms with Gasteiger partial charge in [0.1, 0.15) is 11.5 Å². The first kappa shape index (κ1) is 20.9. The summed E-state index contributed by atoms with van der Waals surface area (Å²) >= 11 is 5.91. The van der Waals surface area contributed by atoms with Gasteiger partial charge in [0.2, 0.25) is 0 Å². The maximum Gasteiger partial charge on any atom is 0.261 e. The van der Waals surface area contributed by atoms with Gasteiger partial charge in [-0.1, -0.05) is 35.9 Å². The molecule has 0 bridgehead atoms. The molecule has 5 nitrogen and oxygen atoms in total. The fourth-order valence-corrected chi connectivity index (χ4v) is 4.44. The smallest absolute Gasteiger partial charge is 0.261 e. The second-order valence-corrected chi connectivity index (χ2v) is 8.44. The van der Waals surface area contributed by atoms with Crippen LogP contribution in [0, 0.1) is 0 Å². The number of hydrogen-bond acceptors (Lipinski definition) is 4. The summed E-state index contributed by atoms with van der Waals surface area (Å²) in [5.74, 6) is -3.55. The lowest BCUT2D eigenvalue weighted by Crippen LogP contribution is -2.30. The zero-order valence-corrected chi connectivity index (χ0v) is 17.1. The molecule has 0 aromatic heterocycles. The van der Waals surface area contributed by atoms with Gasteiger partial charge in [0.25, 0.3) is 11.8 Å². The maximum absolute atomic E-state index is 13.4. The Labute approximate surface area is 178 Å². The van der Waals surface area contributed by atoms with Gasteiger partial charge in [0.05, 0.1) is 23.2 Å². The van der Waals surface area contributed by atoms with Gasteiger partial charge in [0, 0.05) is 32.1 Å². The third kappa shape index (κ3) is 4.23. The van der Waals surface area contributed by atoms with E-state index in [0.29, 0.717) is 19.6 Å². The average Bonchev–Trinajstić information content (AvgIpc) is 3.31. The minimum atomic E-state index is -2.60. The topological polar surface area (TPSA) is 64.0 Å². The van der Waals surface area contributed by atoms with Gasteiger partial charge in [-0.25, -0.2) is 8.78 Å². The number of hydrogen-bond donors (Lipinski definition) is 2. The van der Waals surface area contributed by atoms with Crippen molar-refractivity contribution in [2.45, 2.75) is 37.8 Å². The zero-order chi connectivity index (χ0) is 21.5. The molecular weight excluding hydrogens is 414 g/mol. The highest BCUT2D eigenvalue weighted by Crippen LogP contribution is 2.37. The summed E-state index contributed by atoms with van der Waals surface area (Å²) in [7, 11) is 0. The Hall–Kier alpha value is -2.38. The molecule has 2 aromatic carbocycles. The molecule has 0 aliphatic carbocycles. The van der Waals surface area contributed by atoms with Gasteiger partial charge in [0.15, 0.2) is 0 Å². The summed E-state index contributed by atoms with van der Waals surface area (Å²) < 4.78 is 26.8. The van der Waals surface area contributed by atoms with Crippen LogP contribution in [0.25, 0.3) is 0 Å². The molecule has 2 aliphatic heterocycles. The van der Waals surface area contributed by atoms with Crippen molar-refractivity contribution in [1.82, 2.24) is 9.80 Å². The number of phenols is 2. The number of carbonyl (C=O) groups excluding carboxylic acids is 1. The largest absolute Gasteiger partial charge is 0.507 e. The van der Waals surface area contributed by atoms with E-state index in [1.165, 1.54) is 6.07 Å². The molecule has 1 atom stereocenters. The van der Waals surface area contributed by atoms with Crippen LogP contribution in [0.3, 0.4) is 0 Å². The van der Waals surface area contributed by atoms with E-state index in [4.69, 9.17) is 11.6 Å². The number of benzene rings is 2. The molecule has 2 heterocycles. The lowest BCUT2D eigenvalue weighted by atomic mass is 10.0. The van der Waals surface area contributed by atoms with E-state index in [0.717, 1.165) is 30.0 Å². The van der Waals surface area contributed by atoms with E-state index in [2.05, 4.69) is 0 Å². The molecule has 0 saturated carbocycles. The second kappa shape index (κ2) is 8.04. The van der Waals surface area contributed by atoms with Gasteiger partial charge in [-0.05, 0) is 30.0 Å². The van der Waals surface area contributed by atoms with E-state index in [1.54, 1.807) is 9.80 Å². The molecule has 2 aromatic rings. The Kier molecular flexibility index (Phi) is 5.59. The molecule has 0 spiro atoms. The first-order valence-corrected chi connectivity index (χ1v) is 10.3. The van der Waals surface area contributed by atoms with Crippen molar-refractivity contribution in [1.29, 1.82) is 0 Å². The third-order valence-corrected chi connectivity index (χ3v) is 6.13. The highest BCUT2D eigenvalue weighted by atomic mass is 35.5. The number of amides is 1. The average molecular weight is 437 g/mol. The fourth-order valence-electron chi connectivity index (χ4n) is 4.28. The summed E-state index contributed by atoms with van der Waals surface area (Å²) in [5, 5.41) is 19.7. The number of alkyl halides is 2. The van der Waals surface area contributed by atoms with E-state index in [9.17, 15) is 23.8 Å². The second-order valence-electron chi connectivity index (χ2n) is 8.04. The monoisotopic (exact) mass is 436 g/mol. The number of likely N-dealkylation sites (tertiary alicyclic amines) is 2. The van der Waals surface area contributed by atoms with Crippen LogP contribution in [-0.4, -0.2) is 51.5 Å². The van der Waals surface area contributed by atoms with Crippen LogP contribution in [0.4, 0.5) is 8.78 Å². The van der Waals surface area contributed by atoms with Crippen LogP contribution >= 0.6 is 11.6 Å². The van der Waals surface area contributed by atoms with Crippen molar-refractivity contribution in [3.8, 4) is 11.5 Å². The summed E-state index contributed by atoms with van der Waals surface area (Å²) in [4.78, 5) is 16.5. The molecule has 2 fully saturated rings. The molecule has 4 rings (SSSR count). The van der Waals surface area contributed by atoms with E-state index >= 15 is 0 Å². The third-order valence-electron chi connectivity index (χ3n) is 5.83. The first-order chi connectivity index (χ1) is 14.2. The Morgan fingerprint density at radius 2 is 1.87 bits per heavy atom. The minimum Gasteiger partial charge on any atom is -0.507 e. The molecule has 2 saturated heterocycles. The SMILES string of the molecule is O=C(c1cc(Cl)c(O)cc1O)N1CCC[C@H]1c1ccc(CN2CCC(F)(F)C2)cc1. The zero-order valence-electron chi connectivity index (χ0n) is 16.3. The van der Waals surface area contributed by atoms with Crippen LogP contribution in [0.5, 0.6) is 11.5 Å². The van der Waals surface area contributed by atoms with Crippen LogP contribution in [0.2, 0.25) is 5.02 Å². The number of carbonyl (C=O) groups is 1. The van der Waals surface area contributed by atoms with Crippen molar-refractivity contribution in [2.75, 3.05) is 19.6 Å². The molecule has 8 heteroatoms. The molecule has 30 heavy (non-hydrogen) atoms. The lowest BCUT2D eigenvalue weighted by molar-refractivity contribution is 0.0115. The molecular formula is C22H23ClF2N2O3. The van der Waals surface area contributed by atoms with Crippen LogP contribution < -0.4 is 0 Å². The molecule has 1 amide bonds. The summed E-state index contributed by atoms with van der Waals surface area (Å²) in [6.07, 6.45) is 1.52. The normalized spacial score (nSPS) is 21.3. The predicted octanol–water partition coefficient (Wildman–Crippen LogP) is 4.57. The molecule has 2 N–H and O–H groups in total.